The van der Waals surface area contributed by atoms with Crippen molar-refractivity contribution < 1.29 is 14.7 Å². The van der Waals surface area contributed by atoms with Gasteiger partial charge in [-0.3, -0.25) is 9.59 Å². The van der Waals surface area contributed by atoms with Crippen LogP contribution in [0.2, 0.25) is 0 Å². The number of piperidine rings is 1. The Morgan fingerprint density at radius 1 is 1.33 bits per heavy atom. The van der Waals surface area contributed by atoms with Gasteiger partial charge in [-0.05, 0) is 19.8 Å². The highest BCUT2D eigenvalue weighted by Gasteiger charge is 2.37. The third-order valence-corrected chi connectivity index (χ3v) is 3.63. The molecule has 0 aromatic heterocycles. The summed E-state index contributed by atoms with van der Waals surface area (Å²) in [5.74, 6) is -0.633. The van der Waals surface area contributed by atoms with Crippen LogP contribution in [0, 0.1) is 5.41 Å². The van der Waals surface area contributed by atoms with E-state index in [9.17, 15) is 9.59 Å². The number of nitrogens with one attached hydrogen (secondary N) is 1. The Morgan fingerprint density at radius 3 is 2.33 bits per heavy atom. The molecule has 1 fully saturated rings. The lowest BCUT2D eigenvalue weighted by Crippen LogP contribution is -2.45. The Kier molecular flexibility index (Phi) is 5.14. The molecule has 1 aliphatic rings. The maximum Gasteiger partial charge on any atom is 0.309 e. The minimum Gasteiger partial charge on any atom is -0.481 e. The van der Waals surface area contributed by atoms with Gasteiger partial charge in [-0.2, -0.15) is 0 Å². The molecule has 0 aromatic rings. The monoisotopic (exact) mass is 256 g/mol. The van der Waals surface area contributed by atoms with Gasteiger partial charge in [-0.15, -0.1) is 0 Å². The van der Waals surface area contributed by atoms with Crippen LogP contribution in [0.4, 0.5) is 0 Å². The predicted molar refractivity (Wildman–Crippen MR) is 69.3 cm³/mol. The zero-order valence-corrected chi connectivity index (χ0v) is 11.5. The van der Waals surface area contributed by atoms with Crippen LogP contribution >= 0.6 is 0 Å². The van der Waals surface area contributed by atoms with Crippen LogP contribution in [0.3, 0.4) is 0 Å². The minimum atomic E-state index is -0.754. The first-order chi connectivity index (χ1) is 8.35. The predicted octanol–water partition coefficient (Wildman–Crippen LogP) is 1.09. The number of carboxylic acids is 1. The summed E-state index contributed by atoms with van der Waals surface area (Å²) in [6, 6.07) is 0.384. The highest BCUT2D eigenvalue weighted by Crippen LogP contribution is 2.31. The summed E-state index contributed by atoms with van der Waals surface area (Å²) in [6.45, 7) is 7.65. The normalized spacial score (nSPS) is 19.0. The zero-order valence-electron chi connectivity index (χ0n) is 11.5. The van der Waals surface area contributed by atoms with Gasteiger partial charge >= 0.3 is 5.97 Å². The van der Waals surface area contributed by atoms with E-state index >= 15 is 0 Å². The first-order valence-corrected chi connectivity index (χ1v) is 6.60. The quantitative estimate of drug-likeness (QED) is 0.772. The average Bonchev–Trinajstić information content (AvgIpc) is 2.29. The third-order valence-electron chi connectivity index (χ3n) is 3.63. The van der Waals surface area contributed by atoms with E-state index in [0.29, 0.717) is 44.9 Å². The number of amides is 1. The van der Waals surface area contributed by atoms with Crippen LogP contribution in [0.25, 0.3) is 0 Å². The summed E-state index contributed by atoms with van der Waals surface area (Å²) in [4.78, 5) is 24.8. The molecule has 1 amide bonds. The number of hydrogen-bond donors (Lipinski definition) is 2. The van der Waals surface area contributed by atoms with Gasteiger partial charge in [0.1, 0.15) is 0 Å². The lowest BCUT2D eigenvalue weighted by Gasteiger charge is -2.36. The second kappa shape index (κ2) is 6.18. The number of aliphatic carboxylic acids is 1. The van der Waals surface area contributed by atoms with Crippen LogP contribution in [0.15, 0.2) is 0 Å². The average molecular weight is 256 g/mol. The molecular weight excluding hydrogens is 232 g/mol. The van der Waals surface area contributed by atoms with Crippen LogP contribution in [-0.2, 0) is 9.59 Å². The Hall–Kier alpha value is -1.10. The van der Waals surface area contributed by atoms with E-state index in [4.69, 9.17) is 5.11 Å². The van der Waals surface area contributed by atoms with E-state index in [-0.39, 0.29) is 5.91 Å². The van der Waals surface area contributed by atoms with Crippen molar-refractivity contribution >= 4 is 11.9 Å². The molecule has 1 rings (SSSR count). The van der Waals surface area contributed by atoms with Crippen molar-refractivity contribution in [2.24, 2.45) is 5.41 Å². The smallest absolute Gasteiger partial charge is 0.309 e. The lowest BCUT2D eigenvalue weighted by atomic mass is 9.80. The fourth-order valence-corrected chi connectivity index (χ4v) is 2.09. The van der Waals surface area contributed by atoms with Crippen LogP contribution in [0.1, 0.15) is 40.0 Å². The largest absolute Gasteiger partial charge is 0.481 e. The van der Waals surface area contributed by atoms with E-state index in [1.807, 2.05) is 13.8 Å². The second-order valence-electron chi connectivity index (χ2n) is 5.61. The second-order valence-corrected chi connectivity index (χ2v) is 5.61. The molecule has 0 radical (unpaired) electrons. The summed E-state index contributed by atoms with van der Waals surface area (Å²) in [7, 11) is 0. The summed E-state index contributed by atoms with van der Waals surface area (Å²) in [5.41, 5.74) is -0.660. The van der Waals surface area contributed by atoms with Crippen molar-refractivity contribution in [2.45, 2.75) is 46.1 Å². The molecule has 5 heteroatoms. The number of rotatable bonds is 5. The van der Waals surface area contributed by atoms with E-state index in [2.05, 4.69) is 5.32 Å². The molecule has 5 nitrogen and oxygen atoms in total. The number of likely N-dealkylation sites (tertiary alicyclic amines) is 1. The molecule has 104 valence electrons. The first kappa shape index (κ1) is 15.0. The zero-order chi connectivity index (χ0) is 13.8. The van der Waals surface area contributed by atoms with Crippen LogP contribution < -0.4 is 5.32 Å². The van der Waals surface area contributed by atoms with Crippen molar-refractivity contribution in [3.63, 3.8) is 0 Å². The molecule has 2 N–H and O–H groups in total. The van der Waals surface area contributed by atoms with Crippen molar-refractivity contribution in [2.75, 3.05) is 19.6 Å². The van der Waals surface area contributed by atoms with Crippen molar-refractivity contribution in [1.29, 1.82) is 0 Å². The number of carbonyl (C=O) groups excluding carboxylic acids is 1. The van der Waals surface area contributed by atoms with E-state index < -0.39 is 11.4 Å². The summed E-state index contributed by atoms with van der Waals surface area (Å²) in [5, 5.41) is 12.3. The van der Waals surface area contributed by atoms with Crippen molar-refractivity contribution in [1.82, 2.24) is 10.2 Å². The molecule has 18 heavy (non-hydrogen) atoms. The molecule has 1 saturated heterocycles. The molecule has 0 spiro atoms. The number of carboxylic acid groups (broad SMARTS) is 1. The Labute approximate surface area is 109 Å². The van der Waals surface area contributed by atoms with Gasteiger partial charge in [-0.25, -0.2) is 0 Å². The van der Waals surface area contributed by atoms with Gasteiger partial charge in [0.2, 0.25) is 5.91 Å². The van der Waals surface area contributed by atoms with Gasteiger partial charge in [-0.1, -0.05) is 13.8 Å². The molecule has 0 unspecified atom stereocenters. The highest BCUT2D eigenvalue weighted by atomic mass is 16.4. The summed E-state index contributed by atoms with van der Waals surface area (Å²) in [6.07, 6.45) is 1.58. The minimum absolute atomic E-state index is 0.121. The highest BCUT2D eigenvalue weighted by molar-refractivity contribution is 5.78. The van der Waals surface area contributed by atoms with Gasteiger partial charge in [0.25, 0.3) is 0 Å². The van der Waals surface area contributed by atoms with Gasteiger partial charge in [0, 0.05) is 32.1 Å². The van der Waals surface area contributed by atoms with Gasteiger partial charge in [0.15, 0.2) is 0 Å². The first-order valence-electron chi connectivity index (χ1n) is 6.60. The Morgan fingerprint density at radius 2 is 1.89 bits per heavy atom. The fraction of sp³-hybridized carbons (Fsp3) is 0.846. The van der Waals surface area contributed by atoms with Crippen molar-refractivity contribution in [3.05, 3.63) is 0 Å². The Balaban J connectivity index is 2.34. The standard InChI is InChI=1S/C13H24N2O3/c1-10(2)14-7-4-11(16)15-8-5-13(3,6-9-15)12(17)18/h10,14H,4-9H2,1-3H3,(H,17,18). The maximum absolute atomic E-state index is 11.9. The number of carbonyl (C=O) groups is 2. The van der Waals surface area contributed by atoms with E-state index in [1.54, 1.807) is 11.8 Å². The molecule has 0 bridgehead atoms. The molecular formula is C13H24N2O3. The summed E-state index contributed by atoms with van der Waals surface area (Å²) >= 11 is 0. The number of hydrogen-bond acceptors (Lipinski definition) is 3. The SMILES string of the molecule is CC(C)NCCC(=O)N1CCC(C)(C(=O)O)CC1. The lowest BCUT2D eigenvalue weighted by molar-refractivity contribution is -0.153. The van der Waals surface area contributed by atoms with Crippen LogP contribution in [0.5, 0.6) is 0 Å². The molecule has 1 heterocycles. The Bertz CT molecular complexity index is 307. The van der Waals surface area contributed by atoms with Gasteiger partial charge < -0.3 is 15.3 Å². The number of nitrogens with zero attached hydrogens (tertiary/aromatic N) is 1. The van der Waals surface area contributed by atoms with Gasteiger partial charge in [0.05, 0.1) is 5.41 Å². The third kappa shape index (κ3) is 3.98. The molecule has 0 aliphatic carbocycles. The molecule has 0 aromatic carbocycles. The molecule has 0 saturated carbocycles. The van der Waals surface area contributed by atoms with Crippen LogP contribution in [-0.4, -0.2) is 47.6 Å². The van der Waals surface area contributed by atoms with E-state index in [0.717, 1.165) is 0 Å². The van der Waals surface area contributed by atoms with E-state index in [1.165, 1.54) is 0 Å². The fourth-order valence-electron chi connectivity index (χ4n) is 2.09. The van der Waals surface area contributed by atoms with Crippen molar-refractivity contribution in [3.8, 4) is 0 Å². The topological polar surface area (TPSA) is 69.6 Å². The molecule has 1 aliphatic heterocycles. The molecule has 0 atom stereocenters. The maximum atomic E-state index is 11.9. The summed E-state index contributed by atoms with van der Waals surface area (Å²) < 4.78 is 0.